The molecule has 1 unspecified atom stereocenters. The number of amides is 1. The summed E-state index contributed by atoms with van der Waals surface area (Å²) in [5.41, 5.74) is 2.11. The average molecular weight is 491 g/mol. The fraction of sp³-hybridized carbons (Fsp3) is 0.292. The zero-order valence-corrected chi connectivity index (χ0v) is 19.6. The zero-order valence-electron chi connectivity index (χ0n) is 18.0. The molecule has 174 valence electrons. The van der Waals surface area contributed by atoms with Crippen molar-refractivity contribution in [1.29, 1.82) is 0 Å². The largest absolute Gasteiger partial charge is 0.344 e. The van der Waals surface area contributed by atoms with Crippen LogP contribution >= 0.6 is 11.3 Å². The lowest BCUT2D eigenvalue weighted by molar-refractivity contribution is -0.126. The summed E-state index contributed by atoms with van der Waals surface area (Å²) in [5.74, 6) is -2.77. The maximum atomic E-state index is 13.5. The van der Waals surface area contributed by atoms with Crippen LogP contribution in [0.25, 0.3) is 0 Å². The Morgan fingerprint density at radius 3 is 2.36 bits per heavy atom. The highest BCUT2D eigenvalue weighted by atomic mass is 32.2. The predicted octanol–water partition coefficient (Wildman–Crippen LogP) is 4.64. The van der Waals surface area contributed by atoms with Gasteiger partial charge in [0.25, 0.3) is 0 Å². The van der Waals surface area contributed by atoms with E-state index in [-0.39, 0.29) is 35.9 Å². The van der Waals surface area contributed by atoms with Gasteiger partial charge in [-0.3, -0.25) is 4.79 Å². The summed E-state index contributed by atoms with van der Waals surface area (Å²) in [5, 5.41) is 5.10. The number of benzene rings is 2. The molecule has 1 atom stereocenters. The van der Waals surface area contributed by atoms with Crippen LogP contribution < -0.4 is 5.32 Å². The van der Waals surface area contributed by atoms with E-state index in [2.05, 4.69) is 5.32 Å². The van der Waals surface area contributed by atoms with Crippen LogP contribution in [0.15, 0.2) is 64.9 Å². The van der Waals surface area contributed by atoms with Crippen LogP contribution in [0.3, 0.4) is 0 Å². The number of halogens is 2. The van der Waals surface area contributed by atoms with Crippen LogP contribution in [0.4, 0.5) is 8.78 Å². The number of sulfonamides is 1. The molecule has 0 aliphatic carbocycles. The van der Waals surface area contributed by atoms with Crippen molar-refractivity contribution in [1.82, 2.24) is 9.62 Å². The maximum Gasteiger partial charge on any atom is 0.243 e. The lowest BCUT2D eigenvalue weighted by Gasteiger charge is -2.31. The molecule has 3 aromatic rings. The fourth-order valence-corrected chi connectivity index (χ4v) is 6.22. The van der Waals surface area contributed by atoms with E-state index in [1.165, 1.54) is 4.31 Å². The molecule has 1 saturated heterocycles. The maximum absolute atomic E-state index is 13.5. The van der Waals surface area contributed by atoms with Gasteiger partial charge in [0, 0.05) is 23.9 Å². The van der Waals surface area contributed by atoms with Gasteiger partial charge >= 0.3 is 0 Å². The second-order valence-electron chi connectivity index (χ2n) is 8.12. The van der Waals surface area contributed by atoms with E-state index in [1.807, 2.05) is 48.7 Å². The monoisotopic (exact) mass is 490 g/mol. The number of hydrogen-bond acceptors (Lipinski definition) is 4. The number of nitrogens with zero attached hydrogens (tertiary/aromatic N) is 1. The molecule has 2 aromatic carbocycles. The number of carbonyl (C=O) groups is 1. The minimum Gasteiger partial charge on any atom is -0.344 e. The Labute approximate surface area is 196 Å². The van der Waals surface area contributed by atoms with Gasteiger partial charge in [-0.1, -0.05) is 35.9 Å². The second kappa shape index (κ2) is 9.70. The first-order valence-electron chi connectivity index (χ1n) is 10.6. The predicted molar refractivity (Wildman–Crippen MR) is 123 cm³/mol. The Bertz CT molecular complexity index is 1220. The Morgan fingerprint density at radius 1 is 1.06 bits per heavy atom. The molecule has 9 heteroatoms. The van der Waals surface area contributed by atoms with Crippen molar-refractivity contribution < 1.29 is 22.0 Å². The highest BCUT2D eigenvalue weighted by Gasteiger charge is 2.33. The Hall–Kier alpha value is -2.62. The van der Waals surface area contributed by atoms with E-state index >= 15 is 0 Å². The number of thiophene rings is 1. The second-order valence-corrected chi connectivity index (χ2v) is 11.0. The highest BCUT2D eigenvalue weighted by Crippen LogP contribution is 2.29. The normalized spacial score (nSPS) is 16.5. The molecule has 1 N–H and O–H groups in total. The molecule has 0 saturated carbocycles. The quantitative estimate of drug-likeness (QED) is 0.547. The summed E-state index contributed by atoms with van der Waals surface area (Å²) in [6.45, 7) is 2.27. The van der Waals surface area contributed by atoms with Gasteiger partial charge in [-0.15, -0.1) is 11.3 Å². The Morgan fingerprint density at radius 2 is 1.76 bits per heavy atom. The van der Waals surface area contributed by atoms with Crippen molar-refractivity contribution in [2.75, 3.05) is 13.1 Å². The first kappa shape index (κ1) is 23.5. The van der Waals surface area contributed by atoms with Gasteiger partial charge < -0.3 is 5.32 Å². The SMILES string of the molecule is Cc1ccc(C(NC(=O)C2CCN(S(=O)(=O)c3ccc(F)c(F)c3)CC2)c2cccs2)cc1. The van der Waals surface area contributed by atoms with Gasteiger partial charge in [0.2, 0.25) is 15.9 Å². The van der Waals surface area contributed by atoms with Crippen molar-refractivity contribution >= 4 is 27.3 Å². The van der Waals surface area contributed by atoms with Crippen molar-refractivity contribution in [3.05, 3.63) is 87.6 Å². The molecule has 0 bridgehead atoms. The third-order valence-corrected chi connectivity index (χ3v) is 8.71. The van der Waals surface area contributed by atoms with Gasteiger partial charge in [-0.25, -0.2) is 17.2 Å². The Kier molecular flexibility index (Phi) is 6.92. The summed E-state index contributed by atoms with van der Waals surface area (Å²) in [6, 6.07) is 14.2. The van der Waals surface area contributed by atoms with Crippen molar-refractivity contribution in [3.8, 4) is 0 Å². The molecule has 5 nitrogen and oxygen atoms in total. The van der Waals surface area contributed by atoms with Gasteiger partial charge in [0.1, 0.15) is 0 Å². The molecule has 1 fully saturated rings. The molecular weight excluding hydrogens is 466 g/mol. The van der Waals surface area contributed by atoms with E-state index < -0.39 is 21.7 Å². The summed E-state index contributed by atoms with van der Waals surface area (Å²) in [7, 11) is -3.96. The minimum absolute atomic E-state index is 0.126. The van der Waals surface area contributed by atoms with Gasteiger partial charge in [-0.2, -0.15) is 4.31 Å². The van der Waals surface area contributed by atoms with E-state index in [9.17, 15) is 22.0 Å². The van der Waals surface area contributed by atoms with Crippen molar-refractivity contribution in [2.45, 2.75) is 30.7 Å². The summed E-state index contributed by atoms with van der Waals surface area (Å²) < 4.78 is 53.6. The van der Waals surface area contributed by atoms with E-state index in [0.717, 1.165) is 28.1 Å². The number of hydrogen-bond donors (Lipinski definition) is 1. The van der Waals surface area contributed by atoms with Crippen LogP contribution in [0.5, 0.6) is 0 Å². The van der Waals surface area contributed by atoms with Crippen molar-refractivity contribution in [2.24, 2.45) is 5.92 Å². The lowest BCUT2D eigenvalue weighted by atomic mass is 9.95. The summed E-state index contributed by atoms with van der Waals surface area (Å²) in [4.78, 5) is 13.8. The third-order valence-electron chi connectivity index (χ3n) is 5.88. The minimum atomic E-state index is -3.96. The Balaban J connectivity index is 1.44. The first-order valence-corrected chi connectivity index (χ1v) is 12.9. The molecule has 0 spiro atoms. The van der Waals surface area contributed by atoms with E-state index in [0.29, 0.717) is 18.9 Å². The number of aryl methyl sites for hydroxylation is 1. The summed E-state index contributed by atoms with van der Waals surface area (Å²) in [6.07, 6.45) is 0.694. The standard InChI is InChI=1S/C24H24F2N2O3S2/c1-16-4-6-17(7-5-16)23(22-3-2-14-32-22)27-24(29)18-10-12-28(13-11-18)33(30,31)19-8-9-20(25)21(26)15-19/h2-9,14-15,18,23H,10-13H2,1H3,(H,27,29). The van der Waals surface area contributed by atoms with Crippen LogP contribution in [-0.2, 0) is 14.8 Å². The van der Waals surface area contributed by atoms with Gasteiger partial charge in [-0.05, 0) is 55.0 Å². The molecule has 1 aliphatic heterocycles. The van der Waals surface area contributed by atoms with Gasteiger partial charge in [0.15, 0.2) is 11.6 Å². The van der Waals surface area contributed by atoms with Crippen LogP contribution in [0.1, 0.15) is 34.9 Å². The molecule has 1 aliphatic rings. The van der Waals surface area contributed by atoms with Crippen LogP contribution in [0.2, 0.25) is 0 Å². The van der Waals surface area contributed by atoms with E-state index in [1.54, 1.807) is 11.3 Å². The molecule has 0 radical (unpaired) electrons. The third kappa shape index (κ3) is 5.15. The number of piperidine rings is 1. The molecular formula is C24H24F2N2O3S2. The molecule has 1 amide bonds. The summed E-state index contributed by atoms with van der Waals surface area (Å²) >= 11 is 1.56. The van der Waals surface area contributed by atoms with Crippen LogP contribution in [-0.4, -0.2) is 31.7 Å². The van der Waals surface area contributed by atoms with E-state index in [4.69, 9.17) is 0 Å². The first-order chi connectivity index (χ1) is 15.8. The number of rotatable bonds is 6. The highest BCUT2D eigenvalue weighted by molar-refractivity contribution is 7.89. The topological polar surface area (TPSA) is 66.5 Å². The number of carbonyl (C=O) groups excluding carboxylic acids is 1. The molecule has 33 heavy (non-hydrogen) atoms. The van der Waals surface area contributed by atoms with Crippen LogP contribution in [0, 0.1) is 24.5 Å². The zero-order chi connectivity index (χ0) is 23.6. The number of nitrogens with one attached hydrogen (secondary N) is 1. The average Bonchev–Trinajstić information content (AvgIpc) is 3.34. The molecule has 4 rings (SSSR count). The lowest BCUT2D eigenvalue weighted by Crippen LogP contribution is -2.43. The molecule has 2 heterocycles. The smallest absolute Gasteiger partial charge is 0.243 e. The van der Waals surface area contributed by atoms with Gasteiger partial charge in [0.05, 0.1) is 10.9 Å². The molecule has 1 aromatic heterocycles. The fourth-order valence-electron chi connectivity index (χ4n) is 3.94. The van der Waals surface area contributed by atoms with Crippen molar-refractivity contribution in [3.63, 3.8) is 0 Å².